The number of anilines is 2. The van der Waals surface area contributed by atoms with Crippen LogP contribution in [0.1, 0.15) is 6.92 Å². The van der Waals surface area contributed by atoms with Crippen LogP contribution in [-0.4, -0.2) is 36.8 Å². The summed E-state index contributed by atoms with van der Waals surface area (Å²) in [4.78, 5) is 12.6. The van der Waals surface area contributed by atoms with Crippen molar-refractivity contribution in [2.24, 2.45) is 0 Å². The van der Waals surface area contributed by atoms with Crippen LogP contribution in [-0.2, 0) is 14.8 Å². The van der Waals surface area contributed by atoms with Gasteiger partial charge in [-0.15, -0.1) is 10.2 Å². The van der Waals surface area contributed by atoms with Crippen molar-refractivity contribution in [3.05, 3.63) is 60.2 Å². The van der Waals surface area contributed by atoms with Crippen LogP contribution in [0.5, 0.6) is 0 Å². The Hall–Kier alpha value is -2.92. The number of carbonyl (C=O) groups is 1. The van der Waals surface area contributed by atoms with Gasteiger partial charge in [0.1, 0.15) is 11.0 Å². The van der Waals surface area contributed by atoms with E-state index in [0.717, 1.165) is 41.4 Å². The first-order valence-electron chi connectivity index (χ1n) is 8.31. The highest BCUT2D eigenvalue weighted by atomic mass is 32.2. The van der Waals surface area contributed by atoms with Gasteiger partial charge >= 0.3 is 0 Å². The maximum absolute atomic E-state index is 13.6. The van der Waals surface area contributed by atoms with E-state index in [9.17, 15) is 22.0 Å². The fourth-order valence-corrected chi connectivity index (χ4v) is 4.53. The zero-order valence-corrected chi connectivity index (χ0v) is 17.0. The third-order valence-corrected chi connectivity index (χ3v) is 6.05. The van der Waals surface area contributed by atoms with Crippen molar-refractivity contribution >= 4 is 38.1 Å². The summed E-state index contributed by atoms with van der Waals surface area (Å²) in [6, 6.07) is 10.6. The van der Waals surface area contributed by atoms with Crippen LogP contribution in [0.2, 0.25) is 0 Å². The van der Waals surface area contributed by atoms with Gasteiger partial charge in [-0.25, -0.2) is 17.2 Å². The molecule has 2 aromatic carbocycles. The first kappa shape index (κ1) is 20.8. The van der Waals surface area contributed by atoms with Crippen molar-refractivity contribution in [2.75, 3.05) is 15.9 Å². The standard InChI is InChI=1S/C18H16F2N4O3S2/c1-11(24(29(2,26)27)13-8-9-14(19)15(20)10-13)16(25)21-18-23-22-17(28-18)12-6-4-3-5-7-12/h3-11H,1-2H3,(H,21,23,25)/t11-/m1/s1. The number of nitrogens with one attached hydrogen (secondary N) is 1. The summed E-state index contributed by atoms with van der Waals surface area (Å²) >= 11 is 1.12. The molecule has 1 N–H and O–H groups in total. The Bertz CT molecular complexity index is 1140. The van der Waals surface area contributed by atoms with Crippen molar-refractivity contribution in [1.82, 2.24) is 10.2 Å². The molecule has 152 valence electrons. The van der Waals surface area contributed by atoms with Gasteiger partial charge in [-0.05, 0) is 19.1 Å². The number of aromatic nitrogens is 2. The molecule has 11 heteroatoms. The molecule has 0 saturated heterocycles. The van der Waals surface area contributed by atoms with Gasteiger partial charge in [0.05, 0.1) is 11.9 Å². The van der Waals surface area contributed by atoms with Gasteiger partial charge in [0, 0.05) is 11.6 Å². The van der Waals surface area contributed by atoms with Crippen LogP contribution in [0, 0.1) is 11.6 Å². The third-order valence-electron chi connectivity index (χ3n) is 3.92. The minimum Gasteiger partial charge on any atom is -0.299 e. The average molecular weight is 438 g/mol. The molecule has 3 rings (SSSR count). The average Bonchev–Trinajstić information content (AvgIpc) is 3.13. The van der Waals surface area contributed by atoms with E-state index in [1.54, 1.807) is 0 Å². The zero-order valence-electron chi connectivity index (χ0n) is 15.3. The van der Waals surface area contributed by atoms with Gasteiger partial charge in [0.2, 0.25) is 21.1 Å². The largest absolute Gasteiger partial charge is 0.299 e. The summed E-state index contributed by atoms with van der Waals surface area (Å²) in [7, 11) is -3.97. The monoisotopic (exact) mass is 438 g/mol. The molecule has 0 saturated carbocycles. The van der Waals surface area contributed by atoms with Gasteiger partial charge in [0.25, 0.3) is 0 Å². The number of sulfonamides is 1. The van der Waals surface area contributed by atoms with Crippen molar-refractivity contribution < 1.29 is 22.0 Å². The number of carbonyl (C=O) groups excluding carboxylic acids is 1. The molecule has 1 amide bonds. The van der Waals surface area contributed by atoms with Gasteiger partial charge < -0.3 is 0 Å². The minimum atomic E-state index is -3.97. The topological polar surface area (TPSA) is 92.3 Å². The smallest absolute Gasteiger partial charge is 0.249 e. The number of hydrogen-bond donors (Lipinski definition) is 1. The van der Waals surface area contributed by atoms with E-state index in [4.69, 9.17) is 0 Å². The first-order valence-corrected chi connectivity index (χ1v) is 11.0. The van der Waals surface area contributed by atoms with E-state index < -0.39 is 33.6 Å². The van der Waals surface area contributed by atoms with Crippen LogP contribution in [0.25, 0.3) is 10.6 Å². The molecule has 7 nitrogen and oxygen atoms in total. The number of rotatable bonds is 6. The fourth-order valence-electron chi connectivity index (χ4n) is 2.61. The first-order chi connectivity index (χ1) is 13.7. The Labute approximate surface area is 170 Å². The number of halogens is 2. The van der Waals surface area contributed by atoms with Gasteiger partial charge in [0.15, 0.2) is 11.6 Å². The van der Waals surface area contributed by atoms with Crippen molar-refractivity contribution in [3.63, 3.8) is 0 Å². The van der Waals surface area contributed by atoms with E-state index in [1.165, 1.54) is 6.92 Å². The normalized spacial score (nSPS) is 12.4. The predicted octanol–water partition coefficient (Wildman–Crippen LogP) is 3.28. The fraction of sp³-hybridized carbons (Fsp3) is 0.167. The molecule has 0 spiro atoms. The van der Waals surface area contributed by atoms with Gasteiger partial charge in [-0.3, -0.25) is 14.4 Å². The molecule has 29 heavy (non-hydrogen) atoms. The van der Waals surface area contributed by atoms with Crippen molar-refractivity contribution in [2.45, 2.75) is 13.0 Å². The Morgan fingerprint density at radius 1 is 1.10 bits per heavy atom. The van der Waals surface area contributed by atoms with E-state index >= 15 is 0 Å². The van der Waals surface area contributed by atoms with Crippen LogP contribution < -0.4 is 9.62 Å². The molecule has 0 aliphatic carbocycles. The maximum atomic E-state index is 13.6. The summed E-state index contributed by atoms with van der Waals surface area (Å²) in [6.07, 6.45) is 0.872. The van der Waals surface area contributed by atoms with Crippen LogP contribution in [0.4, 0.5) is 19.6 Å². The molecule has 0 aliphatic heterocycles. The molecule has 0 aliphatic rings. The molecule has 0 fully saturated rings. The lowest BCUT2D eigenvalue weighted by Gasteiger charge is -2.27. The minimum absolute atomic E-state index is 0.170. The third kappa shape index (κ3) is 4.74. The summed E-state index contributed by atoms with van der Waals surface area (Å²) in [5.74, 6) is -3.04. The van der Waals surface area contributed by atoms with Gasteiger partial charge in [-0.2, -0.15) is 0 Å². The Morgan fingerprint density at radius 2 is 1.79 bits per heavy atom. The summed E-state index contributed by atoms with van der Waals surface area (Å²) in [5.41, 5.74) is 0.648. The molecule has 1 atom stereocenters. The molecule has 0 radical (unpaired) electrons. The second-order valence-electron chi connectivity index (χ2n) is 6.10. The number of benzene rings is 2. The molecule has 3 aromatic rings. The zero-order chi connectivity index (χ0) is 21.2. The molecular weight excluding hydrogens is 422 g/mol. The summed E-state index contributed by atoms with van der Waals surface area (Å²) in [5, 5.41) is 11.2. The quantitative estimate of drug-likeness (QED) is 0.638. The Morgan fingerprint density at radius 3 is 2.41 bits per heavy atom. The number of amides is 1. The summed E-state index contributed by atoms with van der Waals surface area (Å²) < 4.78 is 52.0. The van der Waals surface area contributed by atoms with Crippen LogP contribution in [0.15, 0.2) is 48.5 Å². The lowest BCUT2D eigenvalue weighted by Crippen LogP contribution is -2.45. The molecule has 0 bridgehead atoms. The predicted molar refractivity (Wildman–Crippen MR) is 107 cm³/mol. The molecule has 1 aromatic heterocycles. The Balaban J connectivity index is 1.83. The van der Waals surface area contributed by atoms with E-state index in [0.29, 0.717) is 9.31 Å². The van der Waals surface area contributed by atoms with E-state index in [-0.39, 0.29) is 10.8 Å². The second-order valence-corrected chi connectivity index (χ2v) is 8.94. The molecule has 1 heterocycles. The van der Waals surface area contributed by atoms with Crippen molar-refractivity contribution in [1.29, 1.82) is 0 Å². The number of nitrogens with zero attached hydrogens (tertiary/aromatic N) is 3. The Kier molecular flexibility index (Phi) is 5.89. The molecule has 0 unspecified atom stereocenters. The van der Waals surface area contributed by atoms with Crippen LogP contribution in [0.3, 0.4) is 0 Å². The SMILES string of the molecule is C[C@H](C(=O)Nc1nnc(-c2ccccc2)s1)N(c1ccc(F)c(F)c1)S(C)(=O)=O. The number of hydrogen-bond acceptors (Lipinski definition) is 6. The lowest BCUT2D eigenvalue weighted by molar-refractivity contribution is -0.116. The molecular formula is C18H16F2N4O3S2. The summed E-state index contributed by atoms with van der Waals surface area (Å²) in [6.45, 7) is 1.33. The second kappa shape index (κ2) is 8.21. The highest BCUT2D eigenvalue weighted by molar-refractivity contribution is 7.92. The lowest BCUT2D eigenvalue weighted by atomic mass is 10.2. The van der Waals surface area contributed by atoms with Gasteiger partial charge in [-0.1, -0.05) is 41.7 Å². The van der Waals surface area contributed by atoms with E-state index in [1.807, 2.05) is 30.3 Å². The van der Waals surface area contributed by atoms with E-state index in [2.05, 4.69) is 15.5 Å². The maximum Gasteiger partial charge on any atom is 0.249 e. The highest BCUT2D eigenvalue weighted by Crippen LogP contribution is 2.27. The highest BCUT2D eigenvalue weighted by Gasteiger charge is 2.30. The van der Waals surface area contributed by atoms with Crippen LogP contribution >= 0.6 is 11.3 Å². The van der Waals surface area contributed by atoms with Crippen molar-refractivity contribution in [3.8, 4) is 10.6 Å².